The number of thioether (sulfide) groups is 1. The number of rotatable bonds is 6. The van der Waals surface area contributed by atoms with Gasteiger partial charge in [0, 0.05) is 16.9 Å². The van der Waals surface area contributed by atoms with Crippen LogP contribution in [-0.2, 0) is 4.79 Å². The lowest BCUT2D eigenvalue weighted by Gasteiger charge is -2.03. The minimum Gasteiger partial charge on any atom is -0.301 e. The molecule has 126 valence electrons. The van der Waals surface area contributed by atoms with Gasteiger partial charge in [0.1, 0.15) is 5.03 Å². The van der Waals surface area contributed by atoms with Crippen molar-refractivity contribution in [3.63, 3.8) is 0 Å². The molecule has 1 aromatic carbocycles. The van der Waals surface area contributed by atoms with Crippen LogP contribution < -0.4 is 5.32 Å². The molecular formula is C18H16N4OS2. The fourth-order valence-corrected chi connectivity index (χ4v) is 3.79. The smallest absolute Gasteiger partial charge is 0.236 e. The third-order valence-electron chi connectivity index (χ3n) is 3.82. The average molecular weight is 368 g/mol. The molecule has 1 amide bonds. The summed E-state index contributed by atoms with van der Waals surface area (Å²) in [6.45, 7) is 0. The van der Waals surface area contributed by atoms with E-state index in [4.69, 9.17) is 0 Å². The summed E-state index contributed by atoms with van der Waals surface area (Å²) in [5, 5.41) is 14.7. The Morgan fingerprint density at radius 1 is 1.16 bits per heavy atom. The first-order chi connectivity index (χ1) is 12.3. The molecule has 1 saturated carbocycles. The number of amides is 1. The van der Waals surface area contributed by atoms with Gasteiger partial charge in [-0.3, -0.25) is 4.79 Å². The summed E-state index contributed by atoms with van der Waals surface area (Å²) in [7, 11) is 0. The molecular weight excluding hydrogens is 352 g/mol. The number of carbonyl (C=O) groups is 1. The maximum absolute atomic E-state index is 12.1. The summed E-state index contributed by atoms with van der Waals surface area (Å²) in [6, 6.07) is 13.7. The highest BCUT2D eigenvalue weighted by atomic mass is 32.2. The number of hydrogen-bond acceptors (Lipinski definition) is 6. The van der Waals surface area contributed by atoms with Gasteiger partial charge in [0.25, 0.3) is 0 Å². The van der Waals surface area contributed by atoms with Crippen LogP contribution in [0.5, 0.6) is 0 Å². The largest absolute Gasteiger partial charge is 0.301 e. The topological polar surface area (TPSA) is 67.8 Å². The van der Waals surface area contributed by atoms with Gasteiger partial charge in [-0.2, -0.15) is 0 Å². The molecule has 0 spiro atoms. The highest BCUT2D eigenvalue weighted by molar-refractivity contribution is 7.99. The third-order valence-corrected chi connectivity index (χ3v) is 5.52. The second-order valence-electron chi connectivity index (χ2n) is 5.81. The van der Waals surface area contributed by atoms with E-state index in [9.17, 15) is 4.79 Å². The molecule has 1 fully saturated rings. The van der Waals surface area contributed by atoms with Gasteiger partial charge >= 0.3 is 0 Å². The Kier molecular flexibility index (Phi) is 4.76. The monoisotopic (exact) mass is 368 g/mol. The van der Waals surface area contributed by atoms with Crippen LogP contribution in [0, 0.1) is 0 Å². The number of anilines is 1. The molecule has 1 N–H and O–H groups in total. The van der Waals surface area contributed by atoms with E-state index in [1.807, 2.05) is 47.8 Å². The molecule has 7 heteroatoms. The van der Waals surface area contributed by atoms with Crippen LogP contribution >= 0.6 is 23.1 Å². The molecule has 0 aliphatic heterocycles. The number of nitrogens with zero attached hydrogens (tertiary/aromatic N) is 3. The maximum atomic E-state index is 12.1. The zero-order chi connectivity index (χ0) is 17.1. The second kappa shape index (κ2) is 7.33. The highest BCUT2D eigenvalue weighted by Crippen LogP contribution is 2.40. The normalized spacial score (nSPS) is 13.6. The molecule has 3 aromatic rings. The number of carbonyl (C=O) groups excluding carboxylic acids is 1. The van der Waals surface area contributed by atoms with Crippen molar-refractivity contribution in [2.45, 2.75) is 23.8 Å². The van der Waals surface area contributed by atoms with Gasteiger partial charge in [0.2, 0.25) is 5.91 Å². The molecule has 0 bridgehead atoms. The van der Waals surface area contributed by atoms with Crippen molar-refractivity contribution >= 4 is 34.1 Å². The molecule has 0 saturated heterocycles. The number of thiazole rings is 1. The summed E-state index contributed by atoms with van der Waals surface area (Å²) in [5.74, 6) is 0.822. The van der Waals surface area contributed by atoms with E-state index >= 15 is 0 Å². The fourth-order valence-electron chi connectivity index (χ4n) is 2.36. The SMILES string of the molecule is O=C(CSc1ccc(-c2ccccc2)nn1)Nc1nc(C2CC2)cs1. The predicted octanol–water partition coefficient (Wildman–Crippen LogP) is 4.21. The van der Waals surface area contributed by atoms with Crippen molar-refractivity contribution in [3.05, 3.63) is 53.5 Å². The molecule has 1 aliphatic rings. The lowest BCUT2D eigenvalue weighted by molar-refractivity contribution is -0.113. The van der Waals surface area contributed by atoms with Gasteiger partial charge < -0.3 is 5.32 Å². The first-order valence-electron chi connectivity index (χ1n) is 8.05. The molecule has 5 nitrogen and oxygen atoms in total. The van der Waals surface area contributed by atoms with Gasteiger partial charge in [-0.05, 0) is 25.0 Å². The van der Waals surface area contributed by atoms with E-state index in [2.05, 4.69) is 20.5 Å². The summed E-state index contributed by atoms with van der Waals surface area (Å²) in [4.78, 5) is 16.5. The quantitative estimate of drug-likeness (QED) is 0.660. The number of aromatic nitrogens is 3. The van der Waals surface area contributed by atoms with Crippen molar-refractivity contribution in [3.8, 4) is 11.3 Å². The number of hydrogen-bond donors (Lipinski definition) is 1. The van der Waals surface area contributed by atoms with E-state index < -0.39 is 0 Å². The zero-order valence-corrected chi connectivity index (χ0v) is 15.0. The summed E-state index contributed by atoms with van der Waals surface area (Å²) >= 11 is 2.86. The molecule has 2 heterocycles. The van der Waals surface area contributed by atoms with Gasteiger partial charge in [-0.15, -0.1) is 21.5 Å². The third kappa shape index (κ3) is 4.24. The fraction of sp³-hybridized carbons (Fsp3) is 0.222. The van der Waals surface area contributed by atoms with Gasteiger partial charge in [-0.1, -0.05) is 42.1 Å². The molecule has 2 aromatic heterocycles. The van der Waals surface area contributed by atoms with E-state index in [0.717, 1.165) is 22.0 Å². The Bertz CT molecular complexity index is 860. The highest BCUT2D eigenvalue weighted by Gasteiger charge is 2.26. The standard InChI is InChI=1S/C18H16N4OS2/c23-16(20-18-19-15(10-25-18)13-6-7-13)11-24-17-9-8-14(21-22-17)12-4-2-1-3-5-12/h1-5,8-10,13H,6-7,11H2,(H,19,20,23). The van der Waals surface area contributed by atoms with Crippen LogP contribution in [0.2, 0.25) is 0 Å². The van der Waals surface area contributed by atoms with Crippen molar-refractivity contribution in [1.29, 1.82) is 0 Å². The number of benzene rings is 1. The van der Waals surface area contributed by atoms with Crippen molar-refractivity contribution in [2.75, 3.05) is 11.1 Å². The van der Waals surface area contributed by atoms with Gasteiger partial charge in [-0.25, -0.2) is 4.98 Å². The lowest BCUT2D eigenvalue weighted by Crippen LogP contribution is -2.14. The Hall–Kier alpha value is -2.25. The molecule has 0 radical (unpaired) electrons. The first kappa shape index (κ1) is 16.2. The lowest BCUT2D eigenvalue weighted by atomic mass is 10.1. The van der Waals surface area contributed by atoms with E-state index in [-0.39, 0.29) is 11.7 Å². The minimum absolute atomic E-state index is 0.0735. The Labute approximate surface area is 153 Å². The van der Waals surface area contributed by atoms with Gasteiger partial charge in [0.15, 0.2) is 5.13 Å². The van der Waals surface area contributed by atoms with Crippen molar-refractivity contribution in [2.24, 2.45) is 0 Å². The van der Waals surface area contributed by atoms with Crippen LogP contribution in [0.1, 0.15) is 24.5 Å². The summed E-state index contributed by atoms with van der Waals surface area (Å²) in [5.41, 5.74) is 2.96. The van der Waals surface area contributed by atoms with Crippen LogP contribution in [0.25, 0.3) is 11.3 Å². The second-order valence-corrected chi connectivity index (χ2v) is 7.67. The predicted molar refractivity (Wildman–Crippen MR) is 101 cm³/mol. The molecule has 0 unspecified atom stereocenters. The van der Waals surface area contributed by atoms with Crippen LogP contribution in [-0.4, -0.2) is 26.8 Å². The Balaban J connectivity index is 1.30. The number of nitrogens with one attached hydrogen (secondary N) is 1. The maximum Gasteiger partial charge on any atom is 0.236 e. The van der Waals surface area contributed by atoms with E-state index in [1.165, 1.54) is 35.9 Å². The van der Waals surface area contributed by atoms with Crippen LogP contribution in [0.15, 0.2) is 52.9 Å². The van der Waals surface area contributed by atoms with Crippen LogP contribution in [0.4, 0.5) is 5.13 Å². The molecule has 4 rings (SSSR count). The Morgan fingerprint density at radius 2 is 2.00 bits per heavy atom. The van der Waals surface area contributed by atoms with Crippen molar-refractivity contribution < 1.29 is 4.79 Å². The molecule has 0 atom stereocenters. The average Bonchev–Trinajstić information content (AvgIpc) is 3.41. The summed E-state index contributed by atoms with van der Waals surface area (Å²) in [6.07, 6.45) is 2.43. The minimum atomic E-state index is -0.0735. The van der Waals surface area contributed by atoms with Crippen LogP contribution in [0.3, 0.4) is 0 Å². The molecule has 1 aliphatic carbocycles. The van der Waals surface area contributed by atoms with Crippen molar-refractivity contribution in [1.82, 2.24) is 15.2 Å². The summed E-state index contributed by atoms with van der Waals surface area (Å²) < 4.78 is 0. The zero-order valence-electron chi connectivity index (χ0n) is 13.4. The molecule has 25 heavy (non-hydrogen) atoms. The first-order valence-corrected chi connectivity index (χ1v) is 9.92. The van der Waals surface area contributed by atoms with E-state index in [1.54, 1.807) is 0 Å². The van der Waals surface area contributed by atoms with E-state index in [0.29, 0.717) is 11.0 Å². The van der Waals surface area contributed by atoms with Gasteiger partial charge in [0.05, 0.1) is 17.1 Å². The Morgan fingerprint density at radius 3 is 2.72 bits per heavy atom.